The van der Waals surface area contributed by atoms with Crippen molar-refractivity contribution in [3.63, 3.8) is 0 Å². The summed E-state index contributed by atoms with van der Waals surface area (Å²) in [4.78, 5) is 9.98. The van der Waals surface area contributed by atoms with E-state index in [0.29, 0.717) is 5.58 Å². The van der Waals surface area contributed by atoms with Crippen molar-refractivity contribution in [3.05, 3.63) is 192 Å². The fraction of sp³-hybridized carbons (Fsp3) is 0.231. The molecule has 0 aliphatic rings. The second kappa shape index (κ2) is 20.0. The minimum Gasteiger partial charge on any atom is -0.501 e. The van der Waals surface area contributed by atoms with Crippen LogP contribution in [0.25, 0.3) is 94.0 Å². The third-order valence-electron chi connectivity index (χ3n) is 13.7. The minimum absolute atomic E-state index is 0. The molecule has 3 aromatic heterocycles. The van der Waals surface area contributed by atoms with Crippen molar-refractivity contribution < 1.29 is 27.3 Å². The van der Waals surface area contributed by atoms with Crippen molar-refractivity contribution in [3.8, 4) is 39.5 Å². The van der Waals surface area contributed by atoms with Gasteiger partial charge in [-0.2, -0.15) is 0 Å². The Morgan fingerprint density at radius 3 is 1.94 bits per heavy atom. The first kappa shape index (κ1) is 46.9. The van der Waals surface area contributed by atoms with E-state index in [1.165, 1.54) is 38.2 Å². The predicted molar refractivity (Wildman–Crippen MR) is 301 cm³/mol. The van der Waals surface area contributed by atoms with E-state index in [9.17, 15) is 1.37 Å². The number of benzene rings is 8. The van der Waals surface area contributed by atoms with Gasteiger partial charge in [0.1, 0.15) is 5.58 Å². The number of imidazole rings is 1. The van der Waals surface area contributed by atoms with E-state index in [0.717, 1.165) is 77.6 Å². The van der Waals surface area contributed by atoms with Gasteiger partial charge in [-0.1, -0.05) is 182 Å². The van der Waals surface area contributed by atoms with Crippen LogP contribution in [0.3, 0.4) is 0 Å². The van der Waals surface area contributed by atoms with Gasteiger partial charge in [0.25, 0.3) is 0 Å². The van der Waals surface area contributed by atoms with E-state index in [2.05, 4.69) is 190 Å². The van der Waals surface area contributed by atoms with Crippen molar-refractivity contribution in [2.45, 2.75) is 98.7 Å². The SMILES string of the molecule is [2H]C(C)(C)c1c[c-]c(-c2nc3ccccc3n2-c2c(C(C)C)cc(-c3ccccc3)cc2C(C)C)c2oc3cc4c(ccc5ccccc54)cc3c12.[2H]C(C)(C)c1cc(-c2[c-]cccc2)ncc1[Si](C)(C)C.[Ir]. The second-order valence-electron chi connectivity index (χ2n) is 20.8. The van der Waals surface area contributed by atoms with Gasteiger partial charge in [-0.15, -0.1) is 53.6 Å². The summed E-state index contributed by atoms with van der Waals surface area (Å²) < 4.78 is 27.0. The summed E-state index contributed by atoms with van der Waals surface area (Å²) in [5.74, 6) is -0.220. The molecule has 0 spiro atoms. The van der Waals surface area contributed by atoms with Crippen molar-refractivity contribution >= 4 is 67.8 Å². The first-order valence-corrected chi connectivity index (χ1v) is 28.2. The first-order chi connectivity index (χ1) is 34.3. The smallest absolute Gasteiger partial charge is 0.121 e. The first-order valence-electron chi connectivity index (χ1n) is 25.7. The Balaban J connectivity index is 0.000000264. The Bertz CT molecular complexity index is 3790. The number of rotatable bonds is 9. The molecule has 0 unspecified atom stereocenters. The number of furan rings is 1. The maximum absolute atomic E-state index is 9.24. The molecule has 71 heavy (non-hydrogen) atoms. The van der Waals surface area contributed by atoms with Gasteiger partial charge < -0.3 is 14.0 Å². The minimum atomic E-state index is -1.50. The van der Waals surface area contributed by atoms with Crippen LogP contribution in [0.2, 0.25) is 19.6 Å². The summed E-state index contributed by atoms with van der Waals surface area (Å²) in [6.07, 6.45) is 1.98. The average molecular weight is 1120 g/mol. The summed E-state index contributed by atoms with van der Waals surface area (Å²) in [5.41, 5.74) is 14.2. The molecule has 11 aromatic rings. The molecule has 0 bridgehead atoms. The van der Waals surface area contributed by atoms with Crippen LogP contribution in [-0.2, 0) is 20.1 Å². The largest absolute Gasteiger partial charge is 0.501 e. The predicted octanol–water partition coefficient (Wildman–Crippen LogP) is 18.0. The summed E-state index contributed by atoms with van der Waals surface area (Å²) in [5, 5.41) is 7.91. The number of aromatic nitrogens is 3. The van der Waals surface area contributed by atoms with Gasteiger partial charge in [0.2, 0.25) is 0 Å². The summed E-state index contributed by atoms with van der Waals surface area (Å²) in [6.45, 7) is 23.8. The van der Waals surface area contributed by atoms with E-state index in [4.69, 9.17) is 10.8 Å². The van der Waals surface area contributed by atoms with Gasteiger partial charge in [0, 0.05) is 40.1 Å². The number of para-hydroxylation sites is 2. The maximum Gasteiger partial charge on any atom is 0.121 e. The monoisotopic (exact) mass is 1120 g/mol. The topological polar surface area (TPSA) is 43.9 Å². The van der Waals surface area contributed by atoms with E-state index in [-0.39, 0.29) is 31.9 Å². The van der Waals surface area contributed by atoms with E-state index in [1.54, 1.807) is 0 Å². The van der Waals surface area contributed by atoms with Gasteiger partial charge in [0.05, 0.1) is 30.5 Å². The normalized spacial score (nSPS) is 12.7. The molecular formula is C65H63IrN3OSi-2. The molecule has 0 aliphatic heterocycles. The Morgan fingerprint density at radius 2 is 1.27 bits per heavy atom. The summed E-state index contributed by atoms with van der Waals surface area (Å²) in [6, 6.07) is 59.9. The molecule has 11 rings (SSSR count). The molecule has 0 N–H and O–H groups in total. The molecule has 3 heterocycles. The molecule has 0 atom stereocenters. The van der Waals surface area contributed by atoms with Crippen LogP contribution < -0.4 is 5.19 Å². The average Bonchev–Trinajstić information content (AvgIpc) is 3.93. The second-order valence-corrected chi connectivity index (χ2v) is 25.9. The fourth-order valence-electron chi connectivity index (χ4n) is 10.1. The number of hydrogen-bond acceptors (Lipinski definition) is 3. The van der Waals surface area contributed by atoms with Crippen molar-refractivity contribution in [1.29, 1.82) is 0 Å². The maximum atomic E-state index is 9.24. The Morgan fingerprint density at radius 1 is 0.606 bits per heavy atom. The van der Waals surface area contributed by atoms with Crippen LogP contribution in [0, 0.1) is 12.1 Å². The van der Waals surface area contributed by atoms with Crippen LogP contribution in [0.5, 0.6) is 0 Å². The standard InChI is InChI=1S/C48H41N2O.C17H22NSi.Ir/c1-28(2)35-22-23-37(47-45(35)41-24-33-21-20-32-16-10-11-17-36(32)40(33)27-44(41)51-47)48-49-42-18-12-13-19-43(42)50(48)46-38(29(3)4)25-34(26-39(46)30(5)6)31-14-8-7-9-15-31;1-13(2)15-11-16(14-9-7-6-8-10-14)18-12-17(15)19(3,4)5;/h7-22,24-30H,1-6H3;6-9,11-13H,1-5H3;/q2*-1;/i28D;13D;. The third kappa shape index (κ3) is 9.35. The molecule has 0 saturated heterocycles. The molecule has 1 radical (unpaired) electrons. The van der Waals surface area contributed by atoms with Crippen LogP contribution in [0.1, 0.15) is 104 Å². The number of hydrogen-bond donors (Lipinski definition) is 0. The number of pyridine rings is 1. The van der Waals surface area contributed by atoms with Gasteiger partial charge in [-0.25, -0.2) is 0 Å². The Kier molecular flexibility index (Phi) is 13.2. The molecule has 0 aliphatic carbocycles. The van der Waals surface area contributed by atoms with Crippen LogP contribution in [0.15, 0.2) is 162 Å². The molecule has 0 saturated carbocycles. The summed E-state index contributed by atoms with van der Waals surface area (Å²) in [7, 11) is -1.50. The van der Waals surface area contributed by atoms with Crippen LogP contribution in [-0.4, -0.2) is 22.6 Å². The van der Waals surface area contributed by atoms with E-state index >= 15 is 0 Å². The number of fused-ring (bicyclic) bond motifs is 7. The van der Waals surface area contributed by atoms with Gasteiger partial charge in [0.15, 0.2) is 0 Å². The molecule has 0 fully saturated rings. The van der Waals surface area contributed by atoms with E-state index < -0.39 is 19.9 Å². The van der Waals surface area contributed by atoms with Crippen molar-refractivity contribution in [2.75, 3.05) is 0 Å². The Hall–Kier alpha value is -6.43. The van der Waals surface area contributed by atoms with Crippen molar-refractivity contribution in [2.24, 2.45) is 0 Å². The molecular weight excluding hydrogens is 1060 g/mol. The molecule has 0 amide bonds. The zero-order valence-electron chi connectivity index (χ0n) is 44.7. The molecule has 8 aromatic carbocycles. The molecule has 359 valence electrons. The van der Waals surface area contributed by atoms with Gasteiger partial charge >= 0.3 is 0 Å². The zero-order chi connectivity index (χ0) is 50.9. The fourth-order valence-corrected chi connectivity index (χ4v) is 11.7. The quantitative estimate of drug-likeness (QED) is 0.0822. The van der Waals surface area contributed by atoms with Crippen molar-refractivity contribution in [1.82, 2.24) is 14.5 Å². The van der Waals surface area contributed by atoms with Crippen LogP contribution in [0.4, 0.5) is 0 Å². The van der Waals surface area contributed by atoms with Gasteiger partial charge in [-0.05, 0) is 109 Å². The van der Waals surface area contributed by atoms with E-state index in [1.807, 2.05) is 64.2 Å². The molecule has 4 nitrogen and oxygen atoms in total. The molecule has 6 heteroatoms. The van der Waals surface area contributed by atoms with Crippen LogP contribution >= 0.6 is 0 Å². The zero-order valence-corrected chi connectivity index (χ0v) is 46.1. The summed E-state index contributed by atoms with van der Waals surface area (Å²) >= 11 is 0. The number of nitrogens with zero attached hydrogens (tertiary/aromatic N) is 3. The Labute approximate surface area is 437 Å². The third-order valence-corrected chi connectivity index (χ3v) is 15.7. The van der Waals surface area contributed by atoms with Gasteiger partial charge in [-0.3, -0.25) is 4.98 Å².